The minimum absolute atomic E-state index is 0.383. The van der Waals surface area contributed by atoms with Crippen molar-refractivity contribution in [2.75, 3.05) is 24.6 Å². The van der Waals surface area contributed by atoms with Crippen LogP contribution in [0, 0.1) is 0 Å². The molecule has 2 nitrogen and oxygen atoms in total. The van der Waals surface area contributed by atoms with Crippen molar-refractivity contribution in [3.63, 3.8) is 0 Å². The van der Waals surface area contributed by atoms with Gasteiger partial charge in [-0.2, -0.15) is 11.8 Å². The van der Waals surface area contributed by atoms with E-state index in [0.717, 1.165) is 6.54 Å². The van der Waals surface area contributed by atoms with E-state index in [9.17, 15) is 5.11 Å². The lowest BCUT2D eigenvalue weighted by Gasteiger charge is -2.23. The molecule has 0 amide bonds. The number of hydrogen-bond acceptors (Lipinski definition) is 2. The number of thioether (sulfide) groups is 1. The Kier molecular flexibility index (Phi) is 3.32. The van der Waals surface area contributed by atoms with Crippen molar-refractivity contribution >= 4 is 11.8 Å². The zero-order valence-electron chi connectivity index (χ0n) is 8.20. The average Bonchev–Trinajstić information content (AvgIpc) is 2.19. The van der Waals surface area contributed by atoms with Gasteiger partial charge in [0.2, 0.25) is 0 Å². The first kappa shape index (κ1) is 9.87. The van der Waals surface area contributed by atoms with Crippen molar-refractivity contribution in [2.24, 2.45) is 0 Å². The van der Waals surface area contributed by atoms with Crippen LogP contribution in [0.1, 0.15) is 5.56 Å². The monoisotopic (exact) mass is 210 g/mol. The van der Waals surface area contributed by atoms with E-state index in [1.165, 1.54) is 30.2 Å². The molecule has 3 heteroatoms. The minimum Gasteiger partial charge on any atom is -0.508 e. The molecule has 1 heterocycles. The average molecular weight is 210 g/mol. The summed E-state index contributed by atoms with van der Waals surface area (Å²) in [7, 11) is 0. The third-order valence-electron chi connectivity index (χ3n) is 2.56. The number of hydrogen-bond donors (Lipinski definition) is 2. The summed E-state index contributed by atoms with van der Waals surface area (Å²) in [6, 6.07) is 7.61. The molecule has 0 radical (unpaired) electrons. The van der Waals surface area contributed by atoms with Crippen LogP contribution in [0.4, 0.5) is 0 Å². The molecule has 1 aliphatic rings. The van der Waals surface area contributed by atoms with Crippen LogP contribution in [-0.4, -0.2) is 29.7 Å². The van der Waals surface area contributed by atoms with E-state index in [2.05, 4.69) is 6.07 Å². The van der Waals surface area contributed by atoms with Crippen LogP contribution in [0.3, 0.4) is 0 Å². The van der Waals surface area contributed by atoms with Crippen molar-refractivity contribution in [3.8, 4) is 5.75 Å². The maximum atomic E-state index is 9.33. The normalized spacial score (nSPS) is 18.3. The molecule has 0 atom stereocenters. The van der Waals surface area contributed by atoms with Crippen molar-refractivity contribution < 1.29 is 10.0 Å². The lowest BCUT2D eigenvalue weighted by atomic mass is 10.2. The van der Waals surface area contributed by atoms with Gasteiger partial charge in [0.15, 0.2) is 0 Å². The number of benzene rings is 1. The highest BCUT2D eigenvalue weighted by Gasteiger charge is 2.13. The third-order valence-corrected chi connectivity index (χ3v) is 3.55. The maximum Gasteiger partial charge on any atom is 0.116 e. The summed E-state index contributed by atoms with van der Waals surface area (Å²) in [5, 5.41) is 9.33. The van der Waals surface area contributed by atoms with E-state index < -0.39 is 0 Å². The summed E-state index contributed by atoms with van der Waals surface area (Å²) < 4.78 is 0. The van der Waals surface area contributed by atoms with Gasteiger partial charge in [0.05, 0.1) is 13.1 Å². The summed E-state index contributed by atoms with van der Waals surface area (Å²) in [6.45, 7) is 3.55. The second-order valence-electron chi connectivity index (χ2n) is 3.71. The molecule has 1 fully saturated rings. The summed E-state index contributed by atoms with van der Waals surface area (Å²) >= 11 is 2.04. The van der Waals surface area contributed by atoms with Gasteiger partial charge >= 0.3 is 0 Å². The Bertz CT molecular complexity index is 297. The lowest BCUT2D eigenvalue weighted by Crippen LogP contribution is -3.12. The number of nitrogens with one attached hydrogen (secondary N) is 1. The van der Waals surface area contributed by atoms with Gasteiger partial charge in [-0.25, -0.2) is 0 Å². The summed E-state index contributed by atoms with van der Waals surface area (Å²) in [4.78, 5) is 1.63. The number of rotatable bonds is 2. The molecule has 0 aliphatic carbocycles. The molecule has 1 aliphatic heterocycles. The predicted molar refractivity (Wildman–Crippen MR) is 59.8 cm³/mol. The number of aromatic hydroxyl groups is 1. The molecular formula is C11H16NOS+. The molecular weight excluding hydrogens is 194 g/mol. The fraction of sp³-hybridized carbons (Fsp3) is 0.455. The topological polar surface area (TPSA) is 24.7 Å². The molecule has 0 saturated carbocycles. The molecule has 0 unspecified atom stereocenters. The number of quaternary nitrogens is 1. The van der Waals surface area contributed by atoms with Gasteiger partial charge in [0.1, 0.15) is 12.3 Å². The van der Waals surface area contributed by atoms with Crippen LogP contribution < -0.4 is 4.90 Å². The standard InChI is InChI=1S/C11H15NOS/c13-11-3-1-2-10(8-11)9-12-4-6-14-7-5-12/h1-3,8,13H,4-7,9H2/p+1. The maximum absolute atomic E-state index is 9.33. The Labute approximate surface area is 88.9 Å². The van der Waals surface area contributed by atoms with Crippen LogP contribution >= 0.6 is 11.8 Å². The van der Waals surface area contributed by atoms with Crippen LogP contribution in [0.2, 0.25) is 0 Å². The Morgan fingerprint density at radius 3 is 2.79 bits per heavy atom. The van der Waals surface area contributed by atoms with E-state index in [0.29, 0.717) is 5.75 Å². The molecule has 1 aromatic rings. The van der Waals surface area contributed by atoms with E-state index in [1.807, 2.05) is 23.9 Å². The largest absolute Gasteiger partial charge is 0.508 e. The van der Waals surface area contributed by atoms with Crippen LogP contribution in [-0.2, 0) is 6.54 Å². The molecule has 2 rings (SSSR count). The molecule has 76 valence electrons. The fourth-order valence-corrected chi connectivity index (χ4v) is 2.86. The van der Waals surface area contributed by atoms with Gasteiger partial charge in [-0.15, -0.1) is 0 Å². The molecule has 1 saturated heterocycles. The molecule has 14 heavy (non-hydrogen) atoms. The fourth-order valence-electron chi connectivity index (χ4n) is 1.79. The van der Waals surface area contributed by atoms with E-state index in [1.54, 1.807) is 11.0 Å². The number of phenolic OH excluding ortho intramolecular Hbond substituents is 1. The molecule has 0 bridgehead atoms. The Balaban J connectivity index is 1.95. The first-order valence-electron chi connectivity index (χ1n) is 5.04. The van der Waals surface area contributed by atoms with Crippen LogP contribution in [0.15, 0.2) is 24.3 Å². The lowest BCUT2D eigenvalue weighted by molar-refractivity contribution is -0.910. The first-order valence-corrected chi connectivity index (χ1v) is 6.19. The van der Waals surface area contributed by atoms with E-state index in [-0.39, 0.29) is 0 Å². The summed E-state index contributed by atoms with van der Waals surface area (Å²) in [6.07, 6.45) is 0. The van der Waals surface area contributed by atoms with E-state index in [4.69, 9.17) is 0 Å². The van der Waals surface area contributed by atoms with Gasteiger partial charge in [0.25, 0.3) is 0 Å². The van der Waals surface area contributed by atoms with Crippen LogP contribution in [0.5, 0.6) is 5.75 Å². The zero-order chi connectivity index (χ0) is 9.80. The van der Waals surface area contributed by atoms with Gasteiger partial charge in [-0.3, -0.25) is 0 Å². The summed E-state index contributed by atoms with van der Waals surface area (Å²) in [5.41, 5.74) is 1.24. The predicted octanol–water partition coefficient (Wildman–Crippen LogP) is 0.524. The van der Waals surface area contributed by atoms with Crippen molar-refractivity contribution in [2.45, 2.75) is 6.54 Å². The summed E-state index contributed by atoms with van der Waals surface area (Å²) in [5.74, 6) is 2.93. The van der Waals surface area contributed by atoms with Gasteiger partial charge in [-0.05, 0) is 12.1 Å². The highest BCUT2D eigenvalue weighted by Crippen LogP contribution is 2.10. The van der Waals surface area contributed by atoms with Gasteiger partial charge < -0.3 is 10.0 Å². The quantitative estimate of drug-likeness (QED) is 0.744. The third kappa shape index (κ3) is 2.66. The minimum atomic E-state index is 0.383. The van der Waals surface area contributed by atoms with Crippen LogP contribution in [0.25, 0.3) is 0 Å². The molecule has 0 aromatic heterocycles. The second kappa shape index (κ2) is 4.71. The Morgan fingerprint density at radius 1 is 1.29 bits per heavy atom. The second-order valence-corrected chi connectivity index (χ2v) is 4.93. The van der Waals surface area contributed by atoms with E-state index >= 15 is 0 Å². The zero-order valence-corrected chi connectivity index (χ0v) is 9.02. The van der Waals surface area contributed by atoms with Crippen molar-refractivity contribution in [1.29, 1.82) is 0 Å². The molecule has 1 aromatic carbocycles. The van der Waals surface area contributed by atoms with Crippen molar-refractivity contribution in [3.05, 3.63) is 29.8 Å². The SMILES string of the molecule is Oc1cccc(C[NH+]2CCSCC2)c1. The molecule has 2 N–H and O–H groups in total. The first-order chi connectivity index (χ1) is 6.84. The Morgan fingerprint density at radius 2 is 2.07 bits per heavy atom. The highest BCUT2D eigenvalue weighted by atomic mass is 32.2. The Hall–Kier alpha value is -0.670. The van der Waals surface area contributed by atoms with Gasteiger partial charge in [-0.1, -0.05) is 12.1 Å². The highest BCUT2D eigenvalue weighted by molar-refractivity contribution is 7.99. The molecule has 0 spiro atoms. The van der Waals surface area contributed by atoms with Gasteiger partial charge in [0, 0.05) is 17.1 Å². The number of phenols is 1. The van der Waals surface area contributed by atoms with Crippen molar-refractivity contribution in [1.82, 2.24) is 0 Å². The smallest absolute Gasteiger partial charge is 0.116 e.